The van der Waals surface area contributed by atoms with Crippen LogP contribution in [0.4, 0.5) is 4.79 Å². The Balaban J connectivity index is 3.98. The quantitative estimate of drug-likeness (QED) is 0.430. The number of hydrazone groups is 1. The number of carboxylic acid groups (broad SMARTS) is 1. The predicted molar refractivity (Wildman–Crippen MR) is 47.2 cm³/mol. The van der Waals surface area contributed by atoms with Gasteiger partial charge in [-0.15, -0.1) is 0 Å². The van der Waals surface area contributed by atoms with Gasteiger partial charge in [0.1, 0.15) is 0 Å². The van der Waals surface area contributed by atoms with Gasteiger partial charge >= 0.3 is 12.0 Å². The number of carbonyl (C=O) groups is 2. The van der Waals surface area contributed by atoms with Crippen LogP contribution < -0.4 is 11.2 Å². The molecule has 0 radical (unpaired) electrons. The molecule has 0 fully saturated rings. The van der Waals surface area contributed by atoms with Crippen LogP contribution >= 0.6 is 0 Å². The summed E-state index contributed by atoms with van der Waals surface area (Å²) in [6.45, 7) is 3.18. The molecule has 0 saturated heterocycles. The first kappa shape index (κ1) is 11.4. The molecule has 0 unspecified atom stereocenters. The standard InChI is InChI=1S/C7H13N3O3/c1-4(6(11)12)3-5(2)9-10-7(8)13/h4H,3H2,1-2H3,(H,11,12)(H3,8,10,13)/b9-5-/t4-/m1/s1. The zero-order valence-electron chi connectivity index (χ0n) is 7.57. The van der Waals surface area contributed by atoms with Crippen molar-refractivity contribution in [1.29, 1.82) is 0 Å². The third-order valence-electron chi connectivity index (χ3n) is 1.38. The smallest absolute Gasteiger partial charge is 0.332 e. The summed E-state index contributed by atoms with van der Waals surface area (Å²) in [4.78, 5) is 20.6. The molecule has 0 aromatic heterocycles. The second kappa shape index (κ2) is 5.13. The Kier molecular flexibility index (Phi) is 4.50. The highest BCUT2D eigenvalue weighted by Gasteiger charge is 2.11. The van der Waals surface area contributed by atoms with E-state index in [9.17, 15) is 9.59 Å². The molecule has 4 N–H and O–H groups in total. The highest BCUT2D eigenvalue weighted by molar-refractivity contribution is 5.87. The largest absolute Gasteiger partial charge is 0.481 e. The number of hydrogen-bond donors (Lipinski definition) is 3. The van der Waals surface area contributed by atoms with Crippen LogP contribution in [0.3, 0.4) is 0 Å². The van der Waals surface area contributed by atoms with E-state index in [0.717, 1.165) is 0 Å². The third-order valence-corrected chi connectivity index (χ3v) is 1.38. The van der Waals surface area contributed by atoms with E-state index < -0.39 is 17.9 Å². The van der Waals surface area contributed by atoms with Gasteiger partial charge < -0.3 is 10.8 Å². The third kappa shape index (κ3) is 5.66. The van der Waals surface area contributed by atoms with Crippen molar-refractivity contribution >= 4 is 17.7 Å². The van der Waals surface area contributed by atoms with Crippen LogP contribution in [0.1, 0.15) is 20.3 Å². The Morgan fingerprint density at radius 3 is 2.54 bits per heavy atom. The Morgan fingerprint density at radius 2 is 2.15 bits per heavy atom. The first-order valence-electron chi connectivity index (χ1n) is 3.75. The number of hydrogen-bond acceptors (Lipinski definition) is 3. The molecular formula is C7H13N3O3. The van der Waals surface area contributed by atoms with E-state index in [1.165, 1.54) is 0 Å². The minimum atomic E-state index is -0.895. The molecule has 0 rings (SSSR count). The van der Waals surface area contributed by atoms with Crippen molar-refractivity contribution in [1.82, 2.24) is 5.43 Å². The molecule has 0 aliphatic carbocycles. The van der Waals surface area contributed by atoms with Gasteiger partial charge in [-0.05, 0) is 6.92 Å². The Hall–Kier alpha value is -1.59. The lowest BCUT2D eigenvalue weighted by molar-refractivity contribution is -0.140. The minimum Gasteiger partial charge on any atom is -0.481 e. The van der Waals surface area contributed by atoms with Gasteiger partial charge in [-0.3, -0.25) is 4.79 Å². The summed E-state index contributed by atoms with van der Waals surface area (Å²) in [5, 5.41) is 12.1. The summed E-state index contributed by atoms with van der Waals surface area (Å²) in [6, 6.07) is -0.762. The summed E-state index contributed by atoms with van der Waals surface area (Å²) < 4.78 is 0. The maximum absolute atomic E-state index is 10.4. The molecular weight excluding hydrogens is 174 g/mol. The summed E-state index contributed by atoms with van der Waals surface area (Å²) in [7, 11) is 0. The van der Waals surface area contributed by atoms with Crippen LogP contribution in [-0.2, 0) is 4.79 Å². The monoisotopic (exact) mass is 187 g/mol. The minimum absolute atomic E-state index is 0.287. The van der Waals surface area contributed by atoms with Crippen LogP contribution in [0, 0.1) is 5.92 Å². The van der Waals surface area contributed by atoms with Gasteiger partial charge in [0.15, 0.2) is 0 Å². The highest BCUT2D eigenvalue weighted by Crippen LogP contribution is 2.02. The number of aliphatic carboxylic acids is 1. The van der Waals surface area contributed by atoms with E-state index in [-0.39, 0.29) is 6.42 Å². The SMILES string of the molecule is C/C(C[C@@H](C)C(=O)O)=N/NC(N)=O. The fraction of sp³-hybridized carbons (Fsp3) is 0.571. The number of carboxylic acids is 1. The van der Waals surface area contributed by atoms with E-state index in [1.54, 1.807) is 13.8 Å². The lowest BCUT2D eigenvalue weighted by Crippen LogP contribution is -2.26. The molecule has 0 aliphatic heterocycles. The number of nitrogens with zero attached hydrogens (tertiary/aromatic N) is 1. The topological polar surface area (TPSA) is 105 Å². The number of amides is 2. The lowest BCUT2D eigenvalue weighted by Gasteiger charge is -2.04. The van der Waals surface area contributed by atoms with Crippen LogP contribution in [-0.4, -0.2) is 22.8 Å². The average molecular weight is 187 g/mol. The fourth-order valence-corrected chi connectivity index (χ4v) is 0.727. The maximum Gasteiger partial charge on any atom is 0.332 e. The van der Waals surface area contributed by atoms with Crippen LogP contribution in [0.5, 0.6) is 0 Å². The summed E-state index contributed by atoms with van der Waals surface area (Å²) in [6.07, 6.45) is 0.287. The number of rotatable bonds is 4. The molecule has 1 atom stereocenters. The molecule has 0 aromatic rings. The van der Waals surface area contributed by atoms with Crippen LogP contribution in [0.15, 0.2) is 5.10 Å². The highest BCUT2D eigenvalue weighted by atomic mass is 16.4. The van der Waals surface area contributed by atoms with Crippen molar-refractivity contribution in [2.45, 2.75) is 20.3 Å². The molecule has 74 valence electrons. The zero-order valence-corrected chi connectivity index (χ0v) is 7.57. The Bertz CT molecular complexity index is 237. The van der Waals surface area contributed by atoms with Crippen molar-refractivity contribution < 1.29 is 14.7 Å². The van der Waals surface area contributed by atoms with Crippen molar-refractivity contribution in [2.24, 2.45) is 16.8 Å². The number of nitrogens with two attached hydrogens (primary N) is 1. The van der Waals surface area contributed by atoms with Gasteiger partial charge in [-0.2, -0.15) is 5.10 Å². The van der Waals surface area contributed by atoms with Crippen LogP contribution in [0.2, 0.25) is 0 Å². The van der Waals surface area contributed by atoms with E-state index in [4.69, 9.17) is 10.8 Å². The molecule has 0 saturated carbocycles. The molecule has 0 heterocycles. The lowest BCUT2D eigenvalue weighted by atomic mass is 10.1. The van der Waals surface area contributed by atoms with Crippen molar-refractivity contribution in [3.05, 3.63) is 0 Å². The second-order valence-corrected chi connectivity index (χ2v) is 2.77. The fourth-order valence-electron chi connectivity index (χ4n) is 0.727. The van der Waals surface area contributed by atoms with Gasteiger partial charge in [-0.25, -0.2) is 10.2 Å². The molecule has 6 heteroatoms. The zero-order chi connectivity index (χ0) is 10.4. The normalized spacial score (nSPS) is 13.5. The van der Waals surface area contributed by atoms with Crippen molar-refractivity contribution in [3.63, 3.8) is 0 Å². The van der Waals surface area contributed by atoms with E-state index in [2.05, 4.69) is 5.10 Å². The molecule has 0 aliphatic rings. The molecule has 0 spiro atoms. The molecule has 0 bridgehead atoms. The number of primary amides is 1. The Labute approximate surface area is 75.8 Å². The van der Waals surface area contributed by atoms with E-state index >= 15 is 0 Å². The van der Waals surface area contributed by atoms with Crippen molar-refractivity contribution in [2.75, 3.05) is 0 Å². The van der Waals surface area contributed by atoms with Gasteiger partial charge in [0.05, 0.1) is 5.92 Å². The van der Waals surface area contributed by atoms with E-state index in [1.807, 2.05) is 5.43 Å². The van der Waals surface area contributed by atoms with Gasteiger partial charge in [-0.1, -0.05) is 6.92 Å². The summed E-state index contributed by atoms with van der Waals surface area (Å²) >= 11 is 0. The molecule has 2 amide bonds. The van der Waals surface area contributed by atoms with E-state index in [0.29, 0.717) is 5.71 Å². The van der Waals surface area contributed by atoms with Crippen molar-refractivity contribution in [3.8, 4) is 0 Å². The first-order valence-corrected chi connectivity index (χ1v) is 3.75. The Morgan fingerprint density at radius 1 is 1.62 bits per heavy atom. The summed E-state index contributed by atoms with van der Waals surface area (Å²) in [5.41, 5.74) is 7.30. The van der Waals surface area contributed by atoms with Crippen LogP contribution in [0.25, 0.3) is 0 Å². The number of carbonyl (C=O) groups excluding carboxylic acids is 1. The number of nitrogens with one attached hydrogen (secondary N) is 1. The summed E-state index contributed by atoms with van der Waals surface area (Å²) in [5.74, 6) is -1.41. The van der Waals surface area contributed by atoms with Gasteiger partial charge in [0.2, 0.25) is 0 Å². The second-order valence-electron chi connectivity index (χ2n) is 2.77. The van der Waals surface area contributed by atoms with Gasteiger partial charge in [0, 0.05) is 12.1 Å². The van der Waals surface area contributed by atoms with Gasteiger partial charge in [0.25, 0.3) is 0 Å². The molecule has 13 heavy (non-hydrogen) atoms. The first-order chi connectivity index (χ1) is 5.93. The predicted octanol–water partition coefficient (Wildman–Crippen LogP) is 0.141. The maximum atomic E-state index is 10.4. The average Bonchev–Trinajstić information content (AvgIpc) is 2.00. The molecule has 0 aromatic carbocycles. The molecule has 6 nitrogen and oxygen atoms in total. The number of urea groups is 1.